The Kier molecular flexibility index (Phi) is 7.72. The van der Waals surface area contributed by atoms with E-state index in [1.807, 2.05) is 0 Å². The molecular weight excluding hydrogens is 367 g/mol. The smallest absolute Gasteiger partial charge is 0.256 e. The fourth-order valence-electron chi connectivity index (χ4n) is 1.90. The van der Waals surface area contributed by atoms with Gasteiger partial charge in [0, 0.05) is 32.6 Å². The molecule has 1 amide bonds. The summed E-state index contributed by atoms with van der Waals surface area (Å²) in [6, 6.07) is 4.92. The average Bonchev–Trinajstić information content (AvgIpc) is 2.60. The van der Waals surface area contributed by atoms with E-state index in [2.05, 4.69) is 20.6 Å². The summed E-state index contributed by atoms with van der Waals surface area (Å²) in [5.41, 5.74) is 0.362. The Labute approximate surface area is 155 Å². The number of carbonyl (C=O) groups is 1. The van der Waals surface area contributed by atoms with Gasteiger partial charge in [-0.25, -0.2) is 9.97 Å². The van der Waals surface area contributed by atoms with Gasteiger partial charge in [0.2, 0.25) is 5.88 Å². The minimum Gasteiger partial charge on any atom is -0.475 e. The van der Waals surface area contributed by atoms with Crippen LogP contribution in [-0.4, -0.2) is 49.3 Å². The molecule has 0 radical (unpaired) electrons. The van der Waals surface area contributed by atoms with Crippen LogP contribution < -0.4 is 15.4 Å². The lowest BCUT2D eigenvalue weighted by molar-refractivity contribution is 0.0945. The van der Waals surface area contributed by atoms with Crippen LogP contribution in [0.2, 0.25) is 10.0 Å². The molecule has 7 nitrogen and oxygen atoms in total. The van der Waals surface area contributed by atoms with Crippen LogP contribution in [0.1, 0.15) is 10.4 Å². The van der Waals surface area contributed by atoms with Crippen LogP contribution >= 0.6 is 23.2 Å². The lowest BCUT2D eigenvalue weighted by Gasteiger charge is -2.11. The van der Waals surface area contributed by atoms with Crippen molar-refractivity contribution in [1.82, 2.24) is 15.3 Å². The summed E-state index contributed by atoms with van der Waals surface area (Å²) in [6.45, 7) is 1.54. The van der Waals surface area contributed by atoms with Crippen LogP contribution in [0.3, 0.4) is 0 Å². The summed E-state index contributed by atoms with van der Waals surface area (Å²) in [6.07, 6.45) is 3.06. The van der Waals surface area contributed by atoms with Gasteiger partial charge in [-0.3, -0.25) is 4.79 Å². The number of nitrogens with zero attached hydrogens (tertiary/aromatic N) is 2. The molecule has 0 saturated carbocycles. The molecule has 25 heavy (non-hydrogen) atoms. The van der Waals surface area contributed by atoms with E-state index in [1.54, 1.807) is 31.5 Å². The van der Waals surface area contributed by atoms with E-state index in [9.17, 15) is 4.79 Å². The fourth-order valence-corrected chi connectivity index (χ4v) is 2.34. The second kappa shape index (κ2) is 10.0. The van der Waals surface area contributed by atoms with Gasteiger partial charge in [0.1, 0.15) is 18.0 Å². The minimum atomic E-state index is -0.280. The van der Waals surface area contributed by atoms with E-state index in [4.69, 9.17) is 32.7 Å². The van der Waals surface area contributed by atoms with Gasteiger partial charge < -0.3 is 20.1 Å². The number of aromatic nitrogens is 2. The second-order valence-electron chi connectivity index (χ2n) is 4.86. The average molecular weight is 385 g/mol. The number of rotatable bonds is 9. The Morgan fingerprint density at radius 1 is 1.24 bits per heavy atom. The van der Waals surface area contributed by atoms with E-state index >= 15 is 0 Å². The zero-order chi connectivity index (χ0) is 18.1. The molecule has 134 valence electrons. The molecule has 2 heterocycles. The molecule has 0 fully saturated rings. The summed E-state index contributed by atoms with van der Waals surface area (Å²) in [5.74, 6) is 0.496. The molecule has 2 aromatic heterocycles. The standard InChI is InChI=1S/C16H18Cl2N4O3/c1-24-7-8-25-16-12(3-2-4-21-16)15(23)20-6-5-19-14-13(18)9-11(17)10-22-14/h2-4,9-10H,5-8H2,1H3,(H,19,22)(H,20,23). The lowest BCUT2D eigenvalue weighted by atomic mass is 10.2. The Hall–Kier alpha value is -2.09. The maximum absolute atomic E-state index is 12.3. The number of anilines is 1. The zero-order valence-electron chi connectivity index (χ0n) is 13.6. The van der Waals surface area contributed by atoms with Crippen LogP contribution in [0, 0.1) is 0 Å². The Morgan fingerprint density at radius 2 is 2.08 bits per heavy atom. The highest BCUT2D eigenvalue weighted by atomic mass is 35.5. The molecule has 0 atom stereocenters. The van der Waals surface area contributed by atoms with E-state index in [0.29, 0.717) is 47.7 Å². The van der Waals surface area contributed by atoms with Crippen molar-refractivity contribution in [3.05, 3.63) is 46.2 Å². The Morgan fingerprint density at radius 3 is 2.84 bits per heavy atom. The molecule has 0 saturated heterocycles. The third-order valence-corrected chi connectivity index (χ3v) is 3.55. The molecule has 2 aromatic rings. The monoisotopic (exact) mass is 384 g/mol. The molecule has 0 unspecified atom stereocenters. The first-order valence-electron chi connectivity index (χ1n) is 7.51. The number of pyridine rings is 2. The van der Waals surface area contributed by atoms with Gasteiger partial charge in [-0.1, -0.05) is 23.2 Å². The van der Waals surface area contributed by atoms with Crippen molar-refractivity contribution in [3.63, 3.8) is 0 Å². The van der Waals surface area contributed by atoms with Gasteiger partial charge in [0.15, 0.2) is 0 Å². The van der Waals surface area contributed by atoms with Crippen LogP contribution in [0.5, 0.6) is 5.88 Å². The van der Waals surface area contributed by atoms with Crippen molar-refractivity contribution in [3.8, 4) is 5.88 Å². The molecule has 0 aliphatic heterocycles. The number of carbonyl (C=O) groups excluding carboxylic acids is 1. The summed E-state index contributed by atoms with van der Waals surface area (Å²) in [7, 11) is 1.57. The number of hydrogen-bond donors (Lipinski definition) is 2. The highest BCUT2D eigenvalue weighted by molar-refractivity contribution is 6.35. The SMILES string of the molecule is COCCOc1ncccc1C(=O)NCCNc1ncc(Cl)cc1Cl. The summed E-state index contributed by atoms with van der Waals surface area (Å²) < 4.78 is 10.4. The minimum absolute atomic E-state index is 0.271. The Balaban J connectivity index is 1.84. The van der Waals surface area contributed by atoms with Crippen LogP contribution in [-0.2, 0) is 4.74 Å². The molecule has 2 rings (SSSR count). The van der Waals surface area contributed by atoms with E-state index in [-0.39, 0.29) is 11.8 Å². The van der Waals surface area contributed by atoms with Crippen molar-refractivity contribution in [2.75, 3.05) is 38.7 Å². The first-order chi connectivity index (χ1) is 12.1. The molecule has 0 aliphatic rings. The van der Waals surface area contributed by atoms with Gasteiger partial charge in [-0.05, 0) is 18.2 Å². The van der Waals surface area contributed by atoms with Gasteiger partial charge in [0.25, 0.3) is 5.91 Å². The van der Waals surface area contributed by atoms with Gasteiger partial charge in [-0.2, -0.15) is 0 Å². The molecule has 9 heteroatoms. The molecule has 0 aromatic carbocycles. The van der Waals surface area contributed by atoms with E-state index in [1.165, 1.54) is 6.20 Å². The molecule has 0 spiro atoms. The normalized spacial score (nSPS) is 10.4. The third kappa shape index (κ3) is 6.04. The lowest BCUT2D eigenvalue weighted by Crippen LogP contribution is -2.29. The summed E-state index contributed by atoms with van der Waals surface area (Å²) in [4.78, 5) is 20.4. The highest BCUT2D eigenvalue weighted by Crippen LogP contribution is 2.22. The third-order valence-electron chi connectivity index (χ3n) is 3.05. The maximum Gasteiger partial charge on any atom is 0.256 e. The van der Waals surface area contributed by atoms with Crippen LogP contribution in [0.4, 0.5) is 5.82 Å². The summed E-state index contributed by atoms with van der Waals surface area (Å²) >= 11 is 11.8. The topological polar surface area (TPSA) is 85.4 Å². The van der Waals surface area contributed by atoms with E-state index < -0.39 is 0 Å². The quantitative estimate of drug-likeness (QED) is 0.646. The number of hydrogen-bond acceptors (Lipinski definition) is 6. The number of nitrogens with one attached hydrogen (secondary N) is 2. The largest absolute Gasteiger partial charge is 0.475 e. The molecular formula is C16H18Cl2N4O3. The van der Waals surface area contributed by atoms with Crippen molar-refractivity contribution in [2.45, 2.75) is 0 Å². The number of amides is 1. The first-order valence-corrected chi connectivity index (χ1v) is 8.27. The maximum atomic E-state index is 12.3. The molecule has 0 bridgehead atoms. The van der Waals surface area contributed by atoms with Crippen molar-refractivity contribution in [2.24, 2.45) is 0 Å². The van der Waals surface area contributed by atoms with Crippen LogP contribution in [0.25, 0.3) is 0 Å². The highest BCUT2D eigenvalue weighted by Gasteiger charge is 2.13. The predicted molar refractivity (Wildman–Crippen MR) is 96.7 cm³/mol. The van der Waals surface area contributed by atoms with Crippen LogP contribution in [0.15, 0.2) is 30.6 Å². The predicted octanol–water partition coefficient (Wildman–Crippen LogP) is 2.65. The second-order valence-corrected chi connectivity index (χ2v) is 5.71. The van der Waals surface area contributed by atoms with Crippen molar-refractivity contribution in [1.29, 1.82) is 0 Å². The molecule has 2 N–H and O–H groups in total. The van der Waals surface area contributed by atoms with Crippen molar-refractivity contribution < 1.29 is 14.3 Å². The fraction of sp³-hybridized carbons (Fsp3) is 0.312. The zero-order valence-corrected chi connectivity index (χ0v) is 15.1. The molecule has 0 aliphatic carbocycles. The number of methoxy groups -OCH3 is 1. The van der Waals surface area contributed by atoms with Gasteiger partial charge in [-0.15, -0.1) is 0 Å². The van der Waals surface area contributed by atoms with Gasteiger partial charge >= 0.3 is 0 Å². The summed E-state index contributed by atoms with van der Waals surface area (Å²) in [5, 5.41) is 6.68. The van der Waals surface area contributed by atoms with Crippen molar-refractivity contribution >= 4 is 34.9 Å². The van der Waals surface area contributed by atoms with Gasteiger partial charge in [0.05, 0.1) is 16.7 Å². The Bertz CT molecular complexity index is 716. The first kappa shape index (κ1) is 19.2. The number of halogens is 2. The van der Waals surface area contributed by atoms with E-state index in [0.717, 1.165) is 0 Å². The number of ether oxygens (including phenoxy) is 2.